The summed E-state index contributed by atoms with van der Waals surface area (Å²) in [5.41, 5.74) is 0.473. The van der Waals surface area contributed by atoms with E-state index in [1.165, 1.54) is 12.1 Å². The summed E-state index contributed by atoms with van der Waals surface area (Å²) in [6.07, 6.45) is 1.46. The van der Waals surface area contributed by atoms with Crippen LogP contribution in [-0.4, -0.2) is 39.0 Å². The Morgan fingerprint density at radius 2 is 1.73 bits per heavy atom. The van der Waals surface area contributed by atoms with Crippen LogP contribution in [0.5, 0.6) is 0 Å². The largest absolute Gasteiger partial charge is 0.598 e. The van der Waals surface area contributed by atoms with Gasteiger partial charge in [0, 0.05) is 29.9 Å². The summed E-state index contributed by atoms with van der Waals surface area (Å²) in [5, 5.41) is 0. The second-order valence-electron chi connectivity index (χ2n) is 10.4. The van der Waals surface area contributed by atoms with Crippen LogP contribution in [0.4, 0.5) is 13.6 Å². The van der Waals surface area contributed by atoms with Gasteiger partial charge in [0.2, 0.25) is 0 Å². The molecule has 1 saturated heterocycles. The number of ether oxygens (including phenoxy) is 1. The molecule has 0 bridgehead atoms. The zero-order chi connectivity index (χ0) is 22.5. The van der Waals surface area contributed by atoms with Gasteiger partial charge in [0.15, 0.2) is 11.6 Å². The number of nitrogens with zero attached hydrogens (tertiary/aromatic N) is 1. The van der Waals surface area contributed by atoms with Crippen molar-refractivity contribution in [2.24, 2.45) is 5.41 Å². The minimum atomic E-state index is -1.38. The Hall–Kier alpha value is -1.38. The van der Waals surface area contributed by atoms with Gasteiger partial charge in [0.1, 0.15) is 10.3 Å². The average Bonchev–Trinajstić information content (AvgIpc) is 2.86. The second kappa shape index (κ2) is 7.95. The molecule has 1 aromatic carbocycles. The Morgan fingerprint density at radius 1 is 1.17 bits per heavy atom. The van der Waals surface area contributed by atoms with Crippen LogP contribution in [0, 0.1) is 17.0 Å². The third-order valence-corrected chi connectivity index (χ3v) is 7.40. The molecular weight excluding hydrogens is 410 g/mol. The van der Waals surface area contributed by atoms with Crippen molar-refractivity contribution < 1.29 is 22.9 Å². The molecule has 1 amide bonds. The van der Waals surface area contributed by atoms with E-state index in [2.05, 4.69) is 4.72 Å². The van der Waals surface area contributed by atoms with E-state index >= 15 is 0 Å². The van der Waals surface area contributed by atoms with Gasteiger partial charge in [-0.05, 0) is 84.1 Å². The maximum Gasteiger partial charge on any atom is 0.410 e. The van der Waals surface area contributed by atoms with Crippen LogP contribution in [-0.2, 0) is 22.5 Å². The van der Waals surface area contributed by atoms with Gasteiger partial charge in [-0.25, -0.2) is 13.6 Å². The first-order chi connectivity index (χ1) is 13.7. The monoisotopic (exact) mass is 442 g/mol. The van der Waals surface area contributed by atoms with Crippen molar-refractivity contribution in [2.75, 3.05) is 13.1 Å². The SMILES string of the molecule is CC(C)(C)OC(=O)N1CCC2(CC1)Cc1cc(F)c(F)cc1[C@H]2N[S+]([O-])C(C)(C)C. The van der Waals surface area contributed by atoms with E-state index in [0.29, 0.717) is 37.9 Å². The maximum absolute atomic E-state index is 14.1. The van der Waals surface area contributed by atoms with Gasteiger partial charge in [-0.15, -0.1) is 4.72 Å². The molecule has 1 spiro atoms. The van der Waals surface area contributed by atoms with Gasteiger partial charge in [0.05, 0.1) is 6.04 Å². The highest BCUT2D eigenvalue weighted by molar-refractivity contribution is 7.90. The normalized spacial score (nSPS) is 22.2. The van der Waals surface area contributed by atoms with Gasteiger partial charge >= 0.3 is 6.09 Å². The van der Waals surface area contributed by atoms with Crippen LogP contribution >= 0.6 is 0 Å². The lowest BCUT2D eigenvalue weighted by Crippen LogP contribution is -2.51. The molecule has 0 saturated carbocycles. The Balaban J connectivity index is 1.85. The molecule has 0 aromatic heterocycles. The summed E-state index contributed by atoms with van der Waals surface area (Å²) in [7, 11) is 0. The van der Waals surface area contributed by atoms with Crippen LogP contribution in [0.1, 0.15) is 71.6 Å². The summed E-state index contributed by atoms with van der Waals surface area (Å²) in [5.74, 6) is -1.77. The zero-order valence-corrected chi connectivity index (χ0v) is 19.4. The van der Waals surface area contributed by atoms with Crippen LogP contribution in [0.25, 0.3) is 0 Å². The molecule has 1 unspecified atom stereocenters. The quantitative estimate of drug-likeness (QED) is 0.678. The number of fused-ring (bicyclic) bond motifs is 1. The predicted molar refractivity (Wildman–Crippen MR) is 113 cm³/mol. The summed E-state index contributed by atoms with van der Waals surface area (Å²) >= 11 is -1.38. The molecule has 5 nitrogen and oxygen atoms in total. The summed E-state index contributed by atoms with van der Waals surface area (Å²) < 4.78 is 49.0. The number of carbonyl (C=O) groups excluding carboxylic acids is 1. The van der Waals surface area contributed by atoms with Crippen LogP contribution < -0.4 is 4.72 Å². The summed E-state index contributed by atoms with van der Waals surface area (Å²) in [6.45, 7) is 12.1. The highest BCUT2D eigenvalue weighted by Gasteiger charge is 2.51. The Morgan fingerprint density at radius 3 is 2.27 bits per heavy atom. The lowest BCUT2D eigenvalue weighted by atomic mass is 9.73. The van der Waals surface area contributed by atoms with E-state index in [-0.39, 0.29) is 17.6 Å². The van der Waals surface area contributed by atoms with Crippen molar-refractivity contribution in [3.8, 4) is 0 Å². The number of likely N-dealkylation sites (tertiary alicyclic amines) is 1. The van der Waals surface area contributed by atoms with E-state index in [0.717, 1.165) is 5.56 Å². The van der Waals surface area contributed by atoms with E-state index in [1.807, 2.05) is 41.5 Å². The molecule has 8 heteroatoms. The van der Waals surface area contributed by atoms with Crippen molar-refractivity contribution in [3.05, 3.63) is 34.9 Å². The number of nitrogens with one attached hydrogen (secondary N) is 1. The second-order valence-corrected chi connectivity index (χ2v) is 12.4. The fourth-order valence-corrected chi connectivity index (χ4v) is 5.18. The fraction of sp³-hybridized carbons (Fsp3) is 0.682. The zero-order valence-electron chi connectivity index (χ0n) is 18.6. The molecular formula is C22H32F2N2O3S. The highest BCUT2D eigenvalue weighted by Crippen LogP contribution is 2.53. The number of piperidine rings is 1. The van der Waals surface area contributed by atoms with Crippen molar-refractivity contribution in [1.29, 1.82) is 0 Å². The third-order valence-electron chi connectivity index (χ3n) is 5.84. The maximum atomic E-state index is 14.1. The Labute approximate surface area is 180 Å². The number of hydrogen-bond acceptors (Lipinski definition) is 4. The van der Waals surface area contributed by atoms with Crippen LogP contribution in [0.2, 0.25) is 0 Å². The summed E-state index contributed by atoms with van der Waals surface area (Å²) in [4.78, 5) is 14.1. The number of hydrogen-bond donors (Lipinski definition) is 1. The van der Waals surface area contributed by atoms with Crippen molar-refractivity contribution in [3.63, 3.8) is 0 Å². The van der Waals surface area contributed by atoms with Gasteiger partial charge < -0.3 is 14.2 Å². The minimum absolute atomic E-state index is 0.354. The molecule has 168 valence electrons. The van der Waals surface area contributed by atoms with Crippen LogP contribution in [0.15, 0.2) is 12.1 Å². The standard InChI is InChI=1S/C22H32F2N2O3S/c1-20(2,3)29-19(27)26-9-7-22(8-10-26)13-14-11-16(23)17(24)12-15(14)18(22)25-30(28)21(4,5)6/h11-12,18,25H,7-10,13H2,1-6H3/t18-,30?/m1/s1. The van der Waals surface area contributed by atoms with Crippen molar-refractivity contribution in [2.45, 2.75) is 77.2 Å². The minimum Gasteiger partial charge on any atom is -0.598 e. The molecule has 2 atom stereocenters. The third kappa shape index (κ3) is 4.75. The molecule has 0 radical (unpaired) electrons. The van der Waals surface area contributed by atoms with Crippen molar-refractivity contribution in [1.82, 2.24) is 9.62 Å². The van der Waals surface area contributed by atoms with Gasteiger partial charge in [-0.2, -0.15) is 0 Å². The molecule has 1 aliphatic heterocycles. The highest BCUT2D eigenvalue weighted by atomic mass is 32.2. The number of amides is 1. The molecule has 1 aliphatic carbocycles. The molecule has 30 heavy (non-hydrogen) atoms. The lowest BCUT2D eigenvalue weighted by Gasteiger charge is -2.43. The van der Waals surface area contributed by atoms with Crippen molar-refractivity contribution >= 4 is 17.5 Å². The van der Waals surface area contributed by atoms with Gasteiger partial charge in [0.25, 0.3) is 0 Å². The molecule has 1 fully saturated rings. The number of carbonyl (C=O) groups is 1. The first-order valence-corrected chi connectivity index (χ1v) is 11.5. The molecule has 1 N–H and O–H groups in total. The van der Waals surface area contributed by atoms with E-state index < -0.39 is 33.3 Å². The first kappa shape index (κ1) is 23.3. The molecule has 2 aliphatic rings. The molecule has 1 aromatic rings. The molecule has 1 heterocycles. The summed E-state index contributed by atoms with van der Waals surface area (Å²) in [6, 6.07) is 2.12. The first-order valence-electron chi connectivity index (χ1n) is 10.4. The Kier molecular flexibility index (Phi) is 6.17. The fourth-order valence-electron chi connectivity index (χ4n) is 4.24. The van der Waals surface area contributed by atoms with Gasteiger partial charge in [-0.3, -0.25) is 0 Å². The average molecular weight is 443 g/mol. The number of rotatable bonds is 2. The van der Waals surface area contributed by atoms with E-state index in [9.17, 15) is 18.1 Å². The van der Waals surface area contributed by atoms with Crippen LogP contribution in [0.3, 0.4) is 0 Å². The smallest absolute Gasteiger partial charge is 0.410 e. The predicted octanol–water partition coefficient (Wildman–Crippen LogP) is 4.63. The molecule has 3 rings (SSSR count). The lowest BCUT2D eigenvalue weighted by molar-refractivity contribution is 0.00716. The number of halogens is 2. The van der Waals surface area contributed by atoms with E-state index in [4.69, 9.17) is 4.74 Å². The Bertz CT molecular complexity index is 812. The number of benzene rings is 1. The topological polar surface area (TPSA) is 64.6 Å². The van der Waals surface area contributed by atoms with Gasteiger partial charge in [-0.1, -0.05) is 0 Å². The van der Waals surface area contributed by atoms with E-state index in [1.54, 1.807) is 4.90 Å².